The van der Waals surface area contributed by atoms with Gasteiger partial charge in [0.05, 0.1) is 0 Å². The molecular weight excluding hydrogens is 445 g/mol. The molecule has 0 aliphatic carbocycles. The Morgan fingerprint density at radius 2 is 1.82 bits per heavy atom. The van der Waals surface area contributed by atoms with Gasteiger partial charge in [-0.25, -0.2) is 4.39 Å². The van der Waals surface area contributed by atoms with Gasteiger partial charge in [0.1, 0.15) is 11.9 Å². The van der Waals surface area contributed by atoms with Crippen LogP contribution in [0.5, 0.6) is 0 Å². The second-order valence-electron chi connectivity index (χ2n) is 9.10. The molecule has 2 aromatic carbocycles. The first-order valence-electron chi connectivity index (χ1n) is 11.3. The number of rotatable bonds is 4. The van der Waals surface area contributed by atoms with E-state index < -0.39 is 6.04 Å². The fourth-order valence-corrected chi connectivity index (χ4v) is 5.39. The molecule has 3 aliphatic rings. The number of carbonyl (C=O) groups excluding carboxylic acids is 3. The molecule has 1 unspecified atom stereocenters. The lowest BCUT2D eigenvalue weighted by molar-refractivity contribution is -0.136. The average Bonchev–Trinajstić information content (AvgIpc) is 3.12. The van der Waals surface area contributed by atoms with Crippen molar-refractivity contribution in [1.29, 1.82) is 0 Å². The van der Waals surface area contributed by atoms with Gasteiger partial charge in [0.25, 0.3) is 5.91 Å². The molecule has 1 N–H and O–H groups in total. The number of hydrogen-bond donors (Lipinski definition) is 1. The Labute approximate surface area is 196 Å². The standard InChI is InChI=1S/C25H25ClFN3O3/c26-21-12-19(27)3-1-17(21)13-29-9-7-15(8-10-29)16-2-4-20-18(11-16)14-30(25(20)33)22-5-6-23(31)28-24(22)32/h1-4,11-12,15,22H,5-10,13-14H2,(H,28,31,32). The van der Waals surface area contributed by atoms with Crippen molar-refractivity contribution in [3.8, 4) is 0 Å². The number of nitrogens with one attached hydrogen (secondary N) is 1. The van der Waals surface area contributed by atoms with Crippen molar-refractivity contribution in [3.05, 3.63) is 69.5 Å². The van der Waals surface area contributed by atoms with Crippen LogP contribution in [0.2, 0.25) is 5.02 Å². The molecule has 8 heteroatoms. The number of fused-ring (bicyclic) bond motifs is 1. The first-order chi connectivity index (χ1) is 15.9. The Bertz CT molecular complexity index is 1130. The molecular formula is C25H25ClFN3O3. The minimum atomic E-state index is -0.590. The second kappa shape index (κ2) is 8.88. The SMILES string of the molecule is O=C1CCC(N2Cc3cc(C4CCN(Cc5ccc(F)cc5Cl)CC4)ccc3C2=O)C(=O)N1. The summed E-state index contributed by atoms with van der Waals surface area (Å²) in [5.41, 5.74) is 3.74. The molecule has 172 valence electrons. The van der Waals surface area contributed by atoms with Crippen molar-refractivity contribution in [3.63, 3.8) is 0 Å². The zero-order valence-corrected chi connectivity index (χ0v) is 18.9. The Kier molecular flexibility index (Phi) is 5.93. The number of piperidine rings is 2. The summed E-state index contributed by atoms with van der Waals surface area (Å²) in [5, 5.41) is 2.80. The number of halogens is 2. The zero-order chi connectivity index (χ0) is 23.1. The molecule has 3 aliphatic heterocycles. The number of carbonyl (C=O) groups is 3. The molecule has 5 rings (SSSR count). The molecule has 33 heavy (non-hydrogen) atoms. The van der Waals surface area contributed by atoms with Crippen LogP contribution in [0.15, 0.2) is 36.4 Å². The number of benzene rings is 2. The molecule has 0 saturated carbocycles. The lowest BCUT2D eigenvalue weighted by Crippen LogP contribution is -2.52. The Balaban J connectivity index is 1.23. The van der Waals surface area contributed by atoms with Crippen LogP contribution in [0.1, 0.15) is 58.6 Å². The molecule has 0 aromatic heterocycles. The third kappa shape index (κ3) is 4.39. The summed E-state index contributed by atoms with van der Waals surface area (Å²) in [7, 11) is 0. The number of imide groups is 1. The van der Waals surface area contributed by atoms with E-state index in [9.17, 15) is 18.8 Å². The first kappa shape index (κ1) is 22.0. The Morgan fingerprint density at radius 1 is 1.03 bits per heavy atom. The van der Waals surface area contributed by atoms with Gasteiger partial charge in [0, 0.05) is 30.1 Å². The first-order valence-corrected chi connectivity index (χ1v) is 11.7. The van der Waals surface area contributed by atoms with Gasteiger partial charge in [-0.3, -0.25) is 24.6 Å². The predicted molar refractivity (Wildman–Crippen MR) is 121 cm³/mol. The van der Waals surface area contributed by atoms with E-state index >= 15 is 0 Å². The number of hydrogen-bond acceptors (Lipinski definition) is 4. The van der Waals surface area contributed by atoms with Gasteiger partial charge >= 0.3 is 0 Å². The van der Waals surface area contributed by atoms with Crippen LogP contribution in [0, 0.1) is 5.82 Å². The Morgan fingerprint density at radius 3 is 2.55 bits per heavy atom. The van der Waals surface area contributed by atoms with Gasteiger partial charge in [-0.05, 0) is 73.2 Å². The van der Waals surface area contributed by atoms with E-state index in [-0.39, 0.29) is 30.0 Å². The molecule has 0 spiro atoms. The van der Waals surface area contributed by atoms with Gasteiger partial charge in [0.15, 0.2) is 0 Å². The van der Waals surface area contributed by atoms with E-state index in [1.54, 1.807) is 11.0 Å². The molecule has 0 bridgehead atoms. The lowest BCUT2D eigenvalue weighted by atomic mass is 9.87. The third-order valence-corrected chi connectivity index (χ3v) is 7.37. The predicted octanol–water partition coefficient (Wildman–Crippen LogP) is 3.62. The summed E-state index contributed by atoms with van der Waals surface area (Å²) in [6.07, 6.45) is 2.60. The fraction of sp³-hybridized carbons (Fsp3) is 0.400. The van der Waals surface area contributed by atoms with Gasteiger partial charge < -0.3 is 4.90 Å². The number of nitrogens with zero attached hydrogens (tertiary/aromatic N) is 2. The summed E-state index contributed by atoms with van der Waals surface area (Å²) < 4.78 is 13.3. The minimum Gasteiger partial charge on any atom is -0.322 e. The maximum atomic E-state index is 13.3. The monoisotopic (exact) mass is 469 g/mol. The molecule has 2 saturated heterocycles. The maximum absolute atomic E-state index is 13.3. The number of likely N-dealkylation sites (tertiary alicyclic amines) is 1. The van der Waals surface area contributed by atoms with Crippen LogP contribution < -0.4 is 5.32 Å². The van der Waals surface area contributed by atoms with E-state index in [4.69, 9.17) is 11.6 Å². The highest BCUT2D eigenvalue weighted by atomic mass is 35.5. The zero-order valence-electron chi connectivity index (χ0n) is 18.2. The highest BCUT2D eigenvalue weighted by Crippen LogP contribution is 2.34. The van der Waals surface area contributed by atoms with Crippen LogP contribution in [-0.2, 0) is 22.7 Å². The summed E-state index contributed by atoms with van der Waals surface area (Å²) in [6, 6.07) is 9.97. The minimum absolute atomic E-state index is 0.142. The smallest absolute Gasteiger partial charge is 0.255 e. The van der Waals surface area contributed by atoms with Crippen LogP contribution >= 0.6 is 11.6 Å². The summed E-state index contributed by atoms with van der Waals surface area (Å²) in [5.74, 6) is -0.738. The van der Waals surface area contributed by atoms with Gasteiger partial charge in [0.2, 0.25) is 11.8 Å². The largest absolute Gasteiger partial charge is 0.322 e. The molecule has 2 fully saturated rings. The highest BCUT2D eigenvalue weighted by Gasteiger charge is 2.39. The average molecular weight is 470 g/mol. The van der Waals surface area contributed by atoms with E-state index in [2.05, 4.69) is 16.3 Å². The van der Waals surface area contributed by atoms with Crippen LogP contribution in [0.3, 0.4) is 0 Å². The van der Waals surface area contributed by atoms with Crippen LogP contribution in [0.4, 0.5) is 4.39 Å². The van der Waals surface area contributed by atoms with Crippen molar-refractivity contribution >= 4 is 29.3 Å². The van der Waals surface area contributed by atoms with Crippen molar-refractivity contribution < 1.29 is 18.8 Å². The van der Waals surface area contributed by atoms with Crippen molar-refractivity contribution in [2.45, 2.75) is 50.7 Å². The van der Waals surface area contributed by atoms with Crippen molar-refractivity contribution in [2.75, 3.05) is 13.1 Å². The third-order valence-electron chi connectivity index (χ3n) is 7.02. The summed E-state index contributed by atoms with van der Waals surface area (Å²) in [4.78, 5) is 40.5. The Hall–Kier alpha value is -2.77. The molecule has 1 atom stereocenters. The number of amides is 3. The maximum Gasteiger partial charge on any atom is 0.255 e. The van der Waals surface area contributed by atoms with E-state index in [0.717, 1.165) is 37.1 Å². The normalized spacial score (nSPS) is 21.9. The molecule has 6 nitrogen and oxygen atoms in total. The summed E-state index contributed by atoms with van der Waals surface area (Å²) >= 11 is 6.18. The van der Waals surface area contributed by atoms with Crippen LogP contribution in [-0.4, -0.2) is 46.7 Å². The van der Waals surface area contributed by atoms with Crippen LogP contribution in [0.25, 0.3) is 0 Å². The van der Waals surface area contributed by atoms with Gasteiger partial charge in [-0.2, -0.15) is 0 Å². The molecule has 3 amide bonds. The summed E-state index contributed by atoms with van der Waals surface area (Å²) in [6.45, 7) is 2.93. The van der Waals surface area contributed by atoms with Crippen molar-refractivity contribution in [1.82, 2.24) is 15.1 Å². The second-order valence-corrected chi connectivity index (χ2v) is 9.51. The van der Waals surface area contributed by atoms with Crippen molar-refractivity contribution in [2.24, 2.45) is 0 Å². The molecule has 3 heterocycles. The lowest BCUT2D eigenvalue weighted by Gasteiger charge is -2.32. The highest BCUT2D eigenvalue weighted by molar-refractivity contribution is 6.31. The molecule has 2 aromatic rings. The van der Waals surface area contributed by atoms with E-state index in [0.29, 0.717) is 36.0 Å². The topological polar surface area (TPSA) is 69.7 Å². The fourth-order valence-electron chi connectivity index (χ4n) is 5.16. The van der Waals surface area contributed by atoms with E-state index in [1.807, 2.05) is 12.1 Å². The van der Waals surface area contributed by atoms with Gasteiger partial charge in [-0.1, -0.05) is 29.8 Å². The van der Waals surface area contributed by atoms with E-state index in [1.165, 1.54) is 17.7 Å². The quantitative estimate of drug-likeness (QED) is 0.694. The van der Waals surface area contributed by atoms with Gasteiger partial charge in [-0.15, -0.1) is 0 Å². The molecule has 0 radical (unpaired) electrons.